The van der Waals surface area contributed by atoms with Gasteiger partial charge < -0.3 is 44.6 Å². The van der Waals surface area contributed by atoms with E-state index in [-0.39, 0.29) is 53.1 Å². The van der Waals surface area contributed by atoms with Crippen LogP contribution in [0.3, 0.4) is 0 Å². The number of H-pyrrole nitrogens is 1. The SMILES string of the molecule is COc1cc(NC(=O)CCN(C)C2CCC(OC(=O)C(O)(c3cccs3)c3cccs3)CC2)c(F)cc1CNC[C@H](O[Si](C)(C)C(C)(C)C)c1ccc(O)c2[nH]c(=O)ccc12. The zero-order chi connectivity index (χ0) is 44.1. The molecular formula is C45H57FN4O8S2Si. The number of halogens is 1. The molecular weight excluding hydrogens is 836 g/mol. The number of fused-ring (bicyclic) bond motifs is 1. The van der Waals surface area contributed by atoms with Crippen LogP contribution in [0.2, 0.25) is 18.1 Å². The molecule has 61 heavy (non-hydrogen) atoms. The van der Waals surface area contributed by atoms with Gasteiger partial charge in [-0.15, -0.1) is 22.7 Å². The minimum absolute atomic E-state index is 0.0179. The van der Waals surface area contributed by atoms with Crippen LogP contribution in [-0.4, -0.2) is 79.7 Å². The first-order chi connectivity index (χ1) is 28.9. The van der Waals surface area contributed by atoms with Gasteiger partial charge in [0.05, 0.1) is 34.2 Å². The first-order valence-electron chi connectivity index (χ1n) is 20.5. The monoisotopic (exact) mass is 892 g/mol. The first-order valence-corrected chi connectivity index (χ1v) is 25.2. The highest BCUT2D eigenvalue weighted by atomic mass is 32.1. The van der Waals surface area contributed by atoms with E-state index in [0.717, 1.165) is 18.4 Å². The highest BCUT2D eigenvalue weighted by Crippen LogP contribution is 2.42. The van der Waals surface area contributed by atoms with Gasteiger partial charge in [0.2, 0.25) is 17.1 Å². The number of aromatic amines is 1. The summed E-state index contributed by atoms with van der Waals surface area (Å²) in [6.45, 7) is 11.8. The number of thiophene rings is 2. The Hall–Kier alpha value is -4.42. The van der Waals surface area contributed by atoms with Crippen LogP contribution in [0, 0.1) is 5.82 Å². The number of aromatic hydroxyl groups is 1. The molecule has 12 nitrogen and oxygen atoms in total. The Labute approximate surface area is 365 Å². The van der Waals surface area contributed by atoms with E-state index >= 15 is 4.39 Å². The molecule has 328 valence electrons. The van der Waals surface area contributed by atoms with E-state index < -0.39 is 31.8 Å². The van der Waals surface area contributed by atoms with Gasteiger partial charge in [0.1, 0.15) is 23.4 Å². The van der Waals surface area contributed by atoms with Crippen molar-refractivity contribution in [2.45, 2.75) is 101 Å². The Morgan fingerprint density at radius 2 is 1.69 bits per heavy atom. The fourth-order valence-corrected chi connectivity index (χ4v) is 10.4. The maximum atomic E-state index is 15.6. The van der Waals surface area contributed by atoms with Gasteiger partial charge in [0.15, 0.2) is 8.32 Å². The first kappa shape index (κ1) is 46.1. The van der Waals surface area contributed by atoms with E-state index in [1.54, 1.807) is 42.5 Å². The number of esters is 1. The molecule has 5 aromatic rings. The van der Waals surface area contributed by atoms with Crippen LogP contribution in [0.4, 0.5) is 10.1 Å². The van der Waals surface area contributed by atoms with Crippen molar-refractivity contribution in [1.29, 1.82) is 0 Å². The Bertz CT molecular complexity index is 2310. The summed E-state index contributed by atoms with van der Waals surface area (Å²) >= 11 is 2.62. The minimum atomic E-state index is -2.32. The molecule has 3 heterocycles. The Morgan fingerprint density at radius 3 is 2.30 bits per heavy atom. The largest absolute Gasteiger partial charge is 0.506 e. The van der Waals surface area contributed by atoms with Crippen molar-refractivity contribution in [1.82, 2.24) is 15.2 Å². The van der Waals surface area contributed by atoms with Crippen molar-refractivity contribution >= 4 is 59.5 Å². The Morgan fingerprint density at radius 1 is 1.02 bits per heavy atom. The van der Waals surface area contributed by atoms with Gasteiger partial charge in [0.25, 0.3) is 0 Å². The molecule has 2 aromatic carbocycles. The Balaban J connectivity index is 1.02. The third kappa shape index (κ3) is 10.6. The molecule has 1 fully saturated rings. The highest BCUT2D eigenvalue weighted by Gasteiger charge is 2.45. The number of methoxy groups -OCH3 is 1. The summed E-state index contributed by atoms with van der Waals surface area (Å²) in [7, 11) is 1.12. The summed E-state index contributed by atoms with van der Waals surface area (Å²) in [5.41, 5.74) is -0.472. The number of nitrogens with zero attached hydrogens (tertiary/aromatic N) is 1. The summed E-state index contributed by atoms with van der Waals surface area (Å²) in [6.07, 6.45) is 2.11. The third-order valence-electron chi connectivity index (χ3n) is 12.1. The van der Waals surface area contributed by atoms with E-state index in [1.807, 2.05) is 17.8 Å². The number of aliphatic hydroxyl groups is 1. The van der Waals surface area contributed by atoms with Crippen LogP contribution in [0.5, 0.6) is 11.5 Å². The fraction of sp³-hybridized carbons (Fsp3) is 0.444. The zero-order valence-electron chi connectivity index (χ0n) is 35.8. The predicted octanol–water partition coefficient (Wildman–Crippen LogP) is 8.41. The number of carbonyl (C=O) groups is 2. The van der Waals surface area contributed by atoms with E-state index in [2.05, 4.69) is 54.4 Å². The second kappa shape index (κ2) is 19.3. The number of benzene rings is 2. The molecule has 0 unspecified atom stereocenters. The fourth-order valence-electron chi connectivity index (χ4n) is 7.45. The molecule has 0 spiro atoms. The quantitative estimate of drug-likeness (QED) is 0.0453. The number of aromatic nitrogens is 1. The lowest BCUT2D eigenvalue weighted by molar-refractivity contribution is -0.169. The molecule has 1 atom stereocenters. The van der Waals surface area contributed by atoms with Crippen LogP contribution in [-0.2, 0) is 30.9 Å². The van der Waals surface area contributed by atoms with Gasteiger partial charge in [-0.05, 0) is 97.5 Å². The normalized spacial score (nSPS) is 16.8. The molecule has 1 aliphatic rings. The number of rotatable bonds is 17. The average molecular weight is 893 g/mol. The molecule has 5 N–H and O–H groups in total. The van der Waals surface area contributed by atoms with Gasteiger partial charge in [0, 0.05) is 55.2 Å². The summed E-state index contributed by atoms with van der Waals surface area (Å²) in [6, 6.07) is 16.5. The highest BCUT2D eigenvalue weighted by molar-refractivity contribution is 7.12. The molecule has 0 bridgehead atoms. The van der Waals surface area contributed by atoms with Crippen molar-refractivity contribution in [3.63, 3.8) is 0 Å². The predicted molar refractivity (Wildman–Crippen MR) is 242 cm³/mol. The number of ether oxygens (including phenoxy) is 2. The molecule has 1 aliphatic carbocycles. The number of anilines is 1. The molecule has 3 aromatic heterocycles. The maximum absolute atomic E-state index is 15.6. The number of phenolic OH excluding ortho intramolecular Hbond substituents is 1. The summed E-state index contributed by atoms with van der Waals surface area (Å²) < 4.78 is 34.0. The number of pyridine rings is 1. The molecule has 6 rings (SSSR count). The van der Waals surface area contributed by atoms with Crippen LogP contribution in [0.25, 0.3) is 10.9 Å². The topological polar surface area (TPSA) is 162 Å². The number of hydrogen-bond donors (Lipinski definition) is 5. The van der Waals surface area contributed by atoms with Gasteiger partial charge in [-0.2, -0.15) is 0 Å². The van der Waals surface area contributed by atoms with Crippen LogP contribution < -0.4 is 20.9 Å². The molecule has 1 amide bonds. The van der Waals surface area contributed by atoms with E-state index in [9.17, 15) is 24.6 Å². The number of amides is 1. The number of phenols is 1. The van der Waals surface area contributed by atoms with Crippen molar-refractivity contribution in [3.8, 4) is 11.5 Å². The van der Waals surface area contributed by atoms with Crippen LogP contribution >= 0.6 is 22.7 Å². The van der Waals surface area contributed by atoms with E-state index in [1.165, 1.54) is 48.0 Å². The second-order valence-electron chi connectivity index (χ2n) is 17.2. The zero-order valence-corrected chi connectivity index (χ0v) is 38.4. The van der Waals surface area contributed by atoms with Gasteiger partial charge in [-0.25, -0.2) is 9.18 Å². The van der Waals surface area contributed by atoms with Crippen molar-refractivity contribution in [2.24, 2.45) is 0 Å². The average Bonchev–Trinajstić information content (AvgIpc) is 3.97. The second-order valence-corrected chi connectivity index (χ2v) is 23.9. The summed E-state index contributed by atoms with van der Waals surface area (Å²) in [5, 5.41) is 32.5. The number of carbonyl (C=O) groups excluding carboxylic acids is 2. The number of hydrogen-bond acceptors (Lipinski definition) is 12. The van der Waals surface area contributed by atoms with Crippen molar-refractivity contribution < 1.29 is 38.1 Å². The van der Waals surface area contributed by atoms with Crippen LogP contribution in [0.15, 0.2) is 76.2 Å². The van der Waals surface area contributed by atoms with Gasteiger partial charge in [-0.3, -0.25) is 9.59 Å². The molecule has 1 saturated carbocycles. The molecule has 0 radical (unpaired) electrons. The Kier molecular flexibility index (Phi) is 14.6. The molecule has 16 heteroatoms. The summed E-state index contributed by atoms with van der Waals surface area (Å²) in [5.74, 6) is -1.24. The van der Waals surface area contributed by atoms with E-state index in [0.29, 0.717) is 57.9 Å². The smallest absolute Gasteiger partial charge is 0.349 e. The lowest BCUT2D eigenvalue weighted by atomic mass is 9.91. The minimum Gasteiger partial charge on any atom is -0.506 e. The van der Waals surface area contributed by atoms with Crippen molar-refractivity contribution in [3.05, 3.63) is 108 Å². The standard InChI is InChI=1S/C45H57FN4O8S2Si/c1-44(2,3)61(6,7)58-37(31-16-18-35(51)42-32(31)17-19-40(52)49-42)27-47-26-28-24-33(46)34(25-36(28)56-5)48-41(53)20-21-50(4)29-12-14-30(15-13-29)57-43(54)45(55,38-10-8-22-59-38)39-11-9-23-60-39/h8-11,16-19,22-25,29-30,37,47,51,55H,12-15,20-21,26-27H2,1-7H3,(H,48,53)(H,49,52)/t29?,30?,37-/m0/s1. The lowest BCUT2D eigenvalue weighted by Gasteiger charge is -2.39. The van der Waals surface area contributed by atoms with Crippen LogP contribution in [0.1, 0.15) is 79.9 Å². The maximum Gasteiger partial charge on any atom is 0.349 e. The van der Waals surface area contributed by atoms with Crippen molar-refractivity contribution in [2.75, 3.05) is 32.6 Å². The van der Waals surface area contributed by atoms with Gasteiger partial charge in [-0.1, -0.05) is 39.0 Å². The van der Waals surface area contributed by atoms with Gasteiger partial charge >= 0.3 is 5.97 Å². The lowest BCUT2D eigenvalue weighted by Crippen LogP contribution is -2.43. The summed E-state index contributed by atoms with van der Waals surface area (Å²) in [4.78, 5) is 44.5. The number of nitrogens with one attached hydrogen (secondary N) is 3. The van der Waals surface area contributed by atoms with E-state index in [4.69, 9.17) is 13.9 Å². The third-order valence-corrected chi connectivity index (χ3v) is 18.5. The molecule has 0 aliphatic heterocycles. The molecule has 0 saturated heterocycles.